The van der Waals surface area contributed by atoms with Gasteiger partial charge in [-0.15, -0.1) is 0 Å². The summed E-state index contributed by atoms with van der Waals surface area (Å²) in [7, 11) is 1.39. The first-order chi connectivity index (χ1) is 15.5. The van der Waals surface area contributed by atoms with Crippen LogP contribution in [0.3, 0.4) is 0 Å². The fraction of sp³-hybridized carbons (Fsp3) is 0.259. The van der Waals surface area contributed by atoms with Gasteiger partial charge in [0.25, 0.3) is 0 Å². The predicted octanol–water partition coefficient (Wildman–Crippen LogP) is 5.54. The number of aryl methyl sites for hydroxylation is 1. The Morgan fingerprint density at radius 3 is 2.38 bits per heavy atom. The SMILES string of the molecule is CCN(Cc1cc(C)ccc1-c1cccc(CC(=O)OC)c1)C(=O)OCc1ccccc1. The lowest BCUT2D eigenvalue weighted by Crippen LogP contribution is -2.31. The molecule has 0 bridgehead atoms. The quantitative estimate of drug-likeness (QED) is 0.440. The number of carbonyl (C=O) groups is 2. The fourth-order valence-electron chi connectivity index (χ4n) is 3.54. The lowest BCUT2D eigenvalue weighted by Gasteiger charge is -2.22. The molecule has 0 aromatic heterocycles. The second-order valence-electron chi connectivity index (χ2n) is 7.67. The lowest BCUT2D eigenvalue weighted by atomic mass is 9.95. The summed E-state index contributed by atoms with van der Waals surface area (Å²) in [5, 5.41) is 0. The van der Waals surface area contributed by atoms with Gasteiger partial charge in [0, 0.05) is 13.1 Å². The van der Waals surface area contributed by atoms with Crippen LogP contribution in [0.4, 0.5) is 4.79 Å². The van der Waals surface area contributed by atoms with Crippen LogP contribution in [0, 0.1) is 6.92 Å². The van der Waals surface area contributed by atoms with Gasteiger partial charge in [-0.25, -0.2) is 4.79 Å². The van der Waals surface area contributed by atoms with E-state index < -0.39 is 0 Å². The predicted molar refractivity (Wildman–Crippen MR) is 125 cm³/mol. The first-order valence-corrected chi connectivity index (χ1v) is 10.7. The number of esters is 1. The summed E-state index contributed by atoms with van der Waals surface area (Å²) in [6.07, 6.45) is -0.124. The molecule has 166 valence electrons. The van der Waals surface area contributed by atoms with Crippen LogP contribution in [0.2, 0.25) is 0 Å². The molecule has 3 aromatic carbocycles. The molecule has 0 aliphatic carbocycles. The highest BCUT2D eigenvalue weighted by Gasteiger charge is 2.17. The minimum absolute atomic E-state index is 0.221. The van der Waals surface area contributed by atoms with Crippen molar-refractivity contribution >= 4 is 12.1 Å². The van der Waals surface area contributed by atoms with Crippen molar-refractivity contribution in [2.75, 3.05) is 13.7 Å². The van der Waals surface area contributed by atoms with Crippen LogP contribution in [0.1, 0.15) is 29.2 Å². The number of benzene rings is 3. The Morgan fingerprint density at radius 1 is 0.906 bits per heavy atom. The summed E-state index contributed by atoms with van der Waals surface area (Å²) in [5.74, 6) is -0.274. The molecular weight excluding hydrogens is 402 g/mol. The molecule has 0 spiro atoms. The van der Waals surface area contributed by atoms with Crippen molar-refractivity contribution in [3.8, 4) is 11.1 Å². The van der Waals surface area contributed by atoms with Crippen molar-refractivity contribution in [2.45, 2.75) is 33.4 Å². The van der Waals surface area contributed by atoms with Gasteiger partial charge in [-0.05, 0) is 41.7 Å². The summed E-state index contributed by atoms with van der Waals surface area (Å²) >= 11 is 0. The number of nitrogens with zero attached hydrogens (tertiary/aromatic N) is 1. The highest BCUT2D eigenvalue weighted by Crippen LogP contribution is 2.27. The number of amides is 1. The van der Waals surface area contributed by atoms with E-state index in [-0.39, 0.29) is 25.1 Å². The van der Waals surface area contributed by atoms with Crippen molar-refractivity contribution in [1.29, 1.82) is 0 Å². The van der Waals surface area contributed by atoms with Crippen molar-refractivity contribution in [2.24, 2.45) is 0 Å². The molecule has 3 rings (SSSR count). The van der Waals surface area contributed by atoms with Gasteiger partial charge in [0.2, 0.25) is 0 Å². The molecule has 5 heteroatoms. The van der Waals surface area contributed by atoms with E-state index in [0.29, 0.717) is 13.1 Å². The molecule has 0 aliphatic rings. The zero-order valence-electron chi connectivity index (χ0n) is 18.8. The van der Waals surface area contributed by atoms with Crippen LogP contribution in [0.25, 0.3) is 11.1 Å². The molecule has 5 nitrogen and oxygen atoms in total. The van der Waals surface area contributed by atoms with Crippen molar-refractivity contribution in [3.63, 3.8) is 0 Å². The normalized spacial score (nSPS) is 10.5. The van der Waals surface area contributed by atoms with Gasteiger partial charge in [0.1, 0.15) is 6.61 Å². The summed E-state index contributed by atoms with van der Waals surface area (Å²) in [5.41, 5.74) is 6.00. The van der Waals surface area contributed by atoms with Gasteiger partial charge in [-0.2, -0.15) is 0 Å². The van der Waals surface area contributed by atoms with E-state index in [2.05, 4.69) is 18.2 Å². The molecule has 0 N–H and O–H groups in total. The molecule has 0 aliphatic heterocycles. The zero-order valence-corrected chi connectivity index (χ0v) is 18.8. The number of rotatable bonds is 8. The first-order valence-electron chi connectivity index (χ1n) is 10.7. The molecule has 3 aromatic rings. The summed E-state index contributed by atoms with van der Waals surface area (Å²) in [4.78, 5) is 26.1. The van der Waals surface area contributed by atoms with Crippen LogP contribution < -0.4 is 0 Å². The Kier molecular flexibility index (Phi) is 8.03. The molecule has 0 saturated heterocycles. The van der Waals surface area contributed by atoms with Crippen molar-refractivity contribution in [3.05, 3.63) is 95.1 Å². The van der Waals surface area contributed by atoms with Gasteiger partial charge in [0.05, 0.1) is 13.5 Å². The molecule has 0 heterocycles. The van der Waals surface area contributed by atoms with Crippen LogP contribution in [-0.4, -0.2) is 30.6 Å². The van der Waals surface area contributed by atoms with Gasteiger partial charge < -0.3 is 14.4 Å². The second kappa shape index (κ2) is 11.1. The Labute approximate surface area is 189 Å². The van der Waals surface area contributed by atoms with E-state index in [1.807, 2.05) is 68.4 Å². The largest absolute Gasteiger partial charge is 0.469 e. The highest BCUT2D eigenvalue weighted by atomic mass is 16.6. The molecule has 0 atom stereocenters. The molecule has 0 radical (unpaired) electrons. The molecular formula is C27H29NO4. The molecule has 1 amide bonds. The van der Waals surface area contributed by atoms with E-state index in [0.717, 1.165) is 33.4 Å². The molecule has 32 heavy (non-hydrogen) atoms. The number of carbonyl (C=O) groups excluding carboxylic acids is 2. The number of hydrogen-bond acceptors (Lipinski definition) is 4. The maximum atomic E-state index is 12.7. The van der Waals surface area contributed by atoms with Crippen LogP contribution in [-0.2, 0) is 33.8 Å². The number of ether oxygens (including phenoxy) is 2. The van der Waals surface area contributed by atoms with E-state index in [1.165, 1.54) is 7.11 Å². The Bertz CT molecular complexity index is 1060. The van der Waals surface area contributed by atoms with Gasteiger partial charge in [0.15, 0.2) is 0 Å². The lowest BCUT2D eigenvalue weighted by molar-refractivity contribution is -0.139. The van der Waals surface area contributed by atoms with Crippen molar-refractivity contribution < 1.29 is 19.1 Å². The second-order valence-corrected chi connectivity index (χ2v) is 7.67. The Balaban J connectivity index is 1.80. The van der Waals surface area contributed by atoms with Gasteiger partial charge in [-0.3, -0.25) is 4.79 Å². The molecule has 0 unspecified atom stereocenters. The third-order valence-corrected chi connectivity index (χ3v) is 5.28. The summed E-state index contributed by atoms with van der Waals surface area (Å²) < 4.78 is 10.3. The van der Waals surface area contributed by atoms with Gasteiger partial charge >= 0.3 is 12.1 Å². The molecule has 0 fully saturated rings. The third kappa shape index (κ3) is 6.20. The van der Waals surface area contributed by atoms with Crippen molar-refractivity contribution in [1.82, 2.24) is 4.90 Å². The zero-order chi connectivity index (χ0) is 22.9. The van der Waals surface area contributed by atoms with Crippen LogP contribution in [0.15, 0.2) is 72.8 Å². The minimum Gasteiger partial charge on any atom is -0.469 e. The number of hydrogen-bond donors (Lipinski definition) is 0. The summed E-state index contributed by atoms with van der Waals surface area (Å²) in [6, 6.07) is 23.7. The summed E-state index contributed by atoms with van der Waals surface area (Å²) in [6.45, 7) is 5.18. The van der Waals surface area contributed by atoms with E-state index in [4.69, 9.17) is 9.47 Å². The average molecular weight is 432 g/mol. The Morgan fingerprint density at radius 2 is 1.66 bits per heavy atom. The third-order valence-electron chi connectivity index (χ3n) is 5.28. The smallest absolute Gasteiger partial charge is 0.410 e. The Hall–Kier alpha value is -3.60. The maximum Gasteiger partial charge on any atom is 0.410 e. The monoisotopic (exact) mass is 431 g/mol. The van der Waals surface area contributed by atoms with Gasteiger partial charge in [-0.1, -0.05) is 78.4 Å². The number of methoxy groups -OCH3 is 1. The highest BCUT2D eigenvalue weighted by molar-refractivity contribution is 5.75. The van der Waals surface area contributed by atoms with E-state index >= 15 is 0 Å². The first kappa shape index (κ1) is 23.1. The standard InChI is InChI=1S/C27H29NO4/c1-4-28(27(30)32-19-21-9-6-5-7-10-21)18-24-15-20(2)13-14-25(24)23-12-8-11-22(16-23)17-26(29)31-3/h5-16H,4,17-19H2,1-3H3. The van der Waals surface area contributed by atoms with Crippen LogP contribution in [0.5, 0.6) is 0 Å². The average Bonchev–Trinajstić information content (AvgIpc) is 2.81. The topological polar surface area (TPSA) is 55.8 Å². The van der Waals surface area contributed by atoms with E-state index in [1.54, 1.807) is 4.90 Å². The van der Waals surface area contributed by atoms with E-state index in [9.17, 15) is 9.59 Å². The molecule has 0 saturated carbocycles. The fourth-order valence-corrected chi connectivity index (χ4v) is 3.54. The van der Waals surface area contributed by atoms with Crippen LogP contribution >= 0.6 is 0 Å². The maximum absolute atomic E-state index is 12.7. The minimum atomic E-state index is -0.344.